The summed E-state index contributed by atoms with van der Waals surface area (Å²) in [7, 11) is 0. The maximum absolute atomic E-state index is 3.77. The van der Waals surface area contributed by atoms with E-state index < -0.39 is 0 Å². The molecule has 1 rings (SSSR count). The van der Waals surface area contributed by atoms with Crippen LogP contribution in [0.3, 0.4) is 0 Å². The molecule has 0 saturated carbocycles. The molecule has 64 valence electrons. The first-order chi connectivity index (χ1) is 5.65. The summed E-state index contributed by atoms with van der Waals surface area (Å²) in [5.41, 5.74) is 3.95. The first-order valence-electron chi connectivity index (χ1n) is 4.38. The molecule has 1 aromatic carbocycles. The zero-order valence-electron chi connectivity index (χ0n) is 8.09. The second-order valence-corrected chi connectivity index (χ2v) is 3.47. The molecule has 0 nitrogen and oxygen atoms in total. The van der Waals surface area contributed by atoms with Crippen LogP contribution in [0.5, 0.6) is 0 Å². The highest BCUT2D eigenvalue weighted by molar-refractivity contribution is 5.52. The van der Waals surface area contributed by atoms with Gasteiger partial charge >= 0.3 is 0 Å². The lowest BCUT2D eigenvalue weighted by Crippen LogP contribution is -1.89. The maximum atomic E-state index is 3.77. The molecule has 12 heavy (non-hydrogen) atoms. The quantitative estimate of drug-likeness (QED) is 0.618. The first kappa shape index (κ1) is 9.05. The van der Waals surface area contributed by atoms with Gasteiger partial charge in [-0.2, -0.15) is 0 Å². The van der Waals surface area contributed by atoms with Gasteiger partial charge in [-0.25, -0.2) is 0 Å². The van der Waals surface area contributed by atoms with Gasteiger partial charge in [-0.05, 0) is 29.5 Å². The molecule has 0 spiro atoms. The summed E-state index contributed by atoms with van der Waals surface area (Å²) in [6.45, 7) is 10.3. The second kappa shape index (κ2) is 3.57. The van der Waals surface area contributed by atoms with Gasteiger partial charge in [0.1, 0.15) is 0 Å². The Hall–Kier alpha value is -1.04. The predicted molar refractivity (Wildman–Crippen MR) is 55.4 cm³/mol. The molecule has 0 aromatic heterocycles. The Morgan fingerprint density at radius 3 is 2.42 bits per heavy atom. The van der Waals surface area contributed by atoms with Crippen molar-refractivity contribution in [2.45, 2.75) is 26.7 Å². The molecule has 0 saturated heterocycles. The van der Waals surface area contributed by atoms with Crippen molar-refractivity contribution < 1.29 is 0 Å². The fourth-order valence-corrected chi connectivity index (χ4v) is 1.29. The van der Waals surface area contributed by atoms with Crippen LogP contribution in [0.4, 0.5) is 0 Å². The summed E-state index contributed by atoms with van der Waals surface area (Å²) in [5.74, 6) is 0.613. The summed E-state index contributed by atoms with van der Waals surface area (Å²) >= 11 is 0. The van der Waals surface area contributed by atoms with Crippen molar-refractivity contribution in [2.75, 3.05) is 0 Å². The normalized spacial score (nSPS) is 10.3. The van der Waals surface area contributed by atoms with Crippen molar-refractivity contribution in [3.05, 3.63) is 41.5 Å². The molecule has 0 aliphatic carbocycles. The van der Waals surface area contributed by atoms with Crippen LogP contribution in [-0.4, -0.2) is 0 Å². The molecule has 0 fully saturated rings. The number of benzene rings is 1. The summed E-state index contributed by atoms with van der Waals surface area (Å²) in [5, 5.41) is 0. The van der Waals surface area contributed by atoms with Crippen molar-refractivity contribution in [2.24, 2.45) is 0 Å². The zero-order valence-corrected chi connectivity index (χ0v) is 8.09. The highest BCUT2D eigenvalue weighted by Crippen LogP contribution is 2.18. The minimum absolute atomic E-state index is 0.613. The van der Waals surface area contributed by atoms with E-state index in [4.69, 9.17) is 0 Å². The van der Waals surface area contributed by atoms with Gasteiger partial charge in [0.25, 0.3) is 0 Å². The van der Waals surface area contributed by atoms with Crippen LogP contribution in [0.1, 0.15) is 36.5 Å². The van der Waals surface area contributed by atoms with Crippen LogP contribution in [0.15, 0.2) is 24.8 Å². The smallest absolute Gasteiger partial charge is 0.0219 e. The van der Waals surface area contributed by atoms with E-state index in [9.17, 15) is 0 Å². The Kier molecular flexibility index (Phi) is 2.69. The number of hydrogen-bond acceptors (Lipinski definition) is 0. The lowest BCUT2D eigenvalue weighted by molar-refractivity contribution is 0.864. The van der Waals surface area contributed by atoms with Crippen LogP contribution in [-0.2, 0) is 0 Å². The zero-order chi connectivity index (χ0) is 9.14. The Balaban J connectivity index is 3.10. The fraction of sp³-hybridized carbons (Fsp3) is 0.333. The average molecular weight is 160 g/mol. The summed E-state index contributed by atoms with van der Waals surface area (Å²) < 4.78 is 0. The van der Waals surface area contributed by atoms with E-state index in [1.807, 2.05) is 6.08 Å². The highest BCUT2D eigenvalue weighted by Gasteiger charge is 2.00. The Morgan fingerprint density at radius 1 is 1.33 bits per heavy atom. The van der Waals surface area contributed by atoms with Gasteiger partial charge in [0.15, 0.2) is 0 Å². The van der Waals surface area contributed by atoms with Crippen molar-refractivity contribution in [3.63, 3.8) is 0 Å². The SMILES string of the molecule is C=Cc1ccc(C(C)C)cc1C. The molecule has 0 aliphatic heterocycles. The van der Waals surface area contributed by atoms with Crippen molar-refractivity contribution in [3.8, 4) is 0 Å². The standard InChI is InChI=1S/C12H16/c1-5-11-6-7-12(9(2)3)8-10(11)4/h5-9H,1H2,2-4H3. The molecule has 0 heterocycles. The lowest BCUT2D eigenvalue weighted by Gasteiger charge is -2.07. The van der Waals surface area contributed by atoms with Crippen molar-refractivity contribution in [1.82, 2.24) is 0 Å². The summed E-state index contributed by atoms with van der Waals surface area (Å²) in [6, 6.07) is 6.55. The average Bonchev–Trinajstić information content (AvgIpc) is 2.04. The van der Waals surface area contributed by atoms with Crippen molar-refractivity contribution in [1.29, 1.82) is 0 Å². The van der Waals surface area contributed by atoms with E-state index in [1.165, 1.54) is 16.7 Å². The van der Waals surface area contributed by atoms with Crippen LogP contribution in [0.25, 0.3) is 6.08 Å². The van der Waals surface area contributed by atoms with E-state index in [-0.39, 0.29) is 0 Å². The largest absolute Gasteiger partial charge is 0.0985 e. The van der Waals surface area contributed by atoms with Crippen LogP contribution in [0, 0.1) is 6.92 Å². The van der Waals surface area contributed by atoms with Crippen molar-refractivity contribution >= 4 is 6.08 Å². The van der Waals surface area contributed by atoms with Gasteiger partial charge in [0.05, 0.1) is 0 Å². The monoisotopic (exact) mass is 160 g/mol. The second-order valence-electron chi connectivity index (χ2n) is 3.47. The third-order valence-electron chi connectivity index (χ3n) is 2.18. The van der Waals surface area contributed by atoms with Crippen LogP contribution in [0.2, 0.25) is 0 Å². The fourth-order valence-electron chi connectivity index (χ4n) is 1.29. The van der Waals surface area contributed by atoms with Gasteiger partial charge in [-0.1, -0.05) is 44.7 Å². The van der Waals surface area contributed by atoms with Gasteiger partial charge in [0, 0.05) is 0 Å². The predicted octanol–water partition coefficient (Wildman–Crippen LogP) is 3.76. The van der Waals surface area contributed by atoms with Crippen LogP contribution >= 0.6 is 0 Å². The topological polar surface area (TPSA) is 0 Å². The van der Waals surface area contributed by atoms with Gasteiger partial charge in [0.2, 0.25) is 0 Å². The highest BCUT2D eigenvalue weighted by atomic mass is 14.1. The van der Waals surface area contributed by atoms with Gasteiger partial charge < -0.3 is 0 Å². The molecule has 0 radical (unpaired) electrons. The molecular weight excluding hydrogens is 144 g/mol. The first-order valence-corrected chi connectivity index (χ1v) is 4.38. The molecule has 0 heteroatoms. The Morgan fingerprint density at radius 2 is 2.00 bits per heavy atom. The molecule has 0 atom stereocenters. The van der Waals surface area contributed by atoms with E-state index in [2.05, 4.69) is 45.5 Å². The van der Waals surface area contributed by atoms with E-state index >= 15 is 0 Å². The lowest BCUT2D eigenvalue weighted by atomic mass is 9.98. The van der Waals surface area contributed by atoms with Crippen LogP contribution < -0.4 is 0 Å². The Bertz CT molecular complexity index is 282. The summed E-state index contributed by atoms with van der Waals surface area (Å²) in [4.78, 5) is 0. The van der Waals surface area contributed by atoms with E-state index in [0.29, 0.717) is 5.92 Å². The minimum Gasteiger partial charge on any atom is -0.0985 e. The molecule has 0 amide bonds. The number of aryl methyl sites for hydroxylation is 1. The van der Waals surface area contributed by atoms with E-state index in [1.54, 1.807) is 0 Å². The maximum Gasteiger partial charge on any atom is -0.0219 e. The molecule has 0 N–H and O–H groups in total. The van der Waals surface area contributed by atoms with Gasteiger partial charge in [-0.3, -0.25) is 0 Å². The third-order valence-corrected chi connectivity index (χ3v) is 2.18. The van der Waals surface area contributed by atoms with E-state index in [0.717, 1.165) is 0 Å². The Labute approximate surface area is 74.9 Å². The molecule has 0 aliphatic rings. The molecule has 0 bridgehead atoms. The minimum atomic E-state index is 0.613. The molecular formula is C12H16. The summed E-state index contributed by atoms with van der Waals surface area (Å²) in [6.07, 6.45) is 1.90. The van der Waals surface area contributed by atoms with Gasteiger partial charge in [-0.15, -0.1) is 0 Å². The molecule has 1 aromatic rings. The number of hydrogen-bond donors (Lipinski definition) is 0. The third kappa shape index (κ3) is 1.76. The molecule has 0 unspecified atom stereocenters. The number of rotatable bonds is 2.